The Kier molecular flexibility index (Phi) is 8.14. The summed E-state index contributed by atoms with van der Waals surface area (Å²) in [5, 5.41) is 0. The van der Waals surface area contributed by atoms with Gasteiger partial charge in [-0.1, -0.05) is 48.5 Å². The second-order valence-corrected chi connectivity index (χ2v) is 11.2. The van der Waals surface area contributed by atoms with E-state index in [9.17, 15) is 0 Å². The molecule has 2 aliphatic rings. The lowest BCUT2D eigenvalue weighted by atomic mass is 9.81. The quantitative estimate of drug-likeness (QED) is 0.195. The number of hydrogen-bond acceptors (Lipinski definition) is 8. The highest BCUT2D eigenvalue weighted by Crippen LogP contribution is 2.46. The zero-order valence-electron chi connectivity index (χ0n) is 26.4. The standard InChI is InChI=1S/C37H38N2O6/c1-24-36(26-7-15-30(40-3)16-8-26,27-9-17-31(41-4)18-10-27)44-34(38-24)23-35-39-25(2)37(45-35,28-11-19-32(42-5)20-12-28)29-13-21-33(43-6)22-14-29/h7-22,24-25H,23H2,1-6H3/t24-,25-/m1/s1. The van der Waals surface area contributed by atoms with E-state index in [0.717, 1.165) is 45.3 Å². The van der Waals surface area contributed by atoms with E-state index >= 15 is 0 Å². The molecule has 2 aliphatic heterocycles. The molecule has 2 atom stereocenters. The average Bonchev–Trinajstić information content (AvgIpc) is 3.60. The van der Waals surface area contributed by atoms with Crippen molar-refractivity contribution < 1.29 is 28.4 Å². The zero-order chi connectivity index (χ0) is 31.6. The van der Waals surface area contributed by atoms with Gasteiger partial charge in [0.05, 0.1) is 46.9 Å². The van der Waals surface area contributed by atoms with Crippen molar-refractivity contribution in [2.75, 3.05) is 28.4 Å². The number of ether oxygens (including phenoxy) is 6. The first-order valence-electron chi connectivity index (χ1n) is 15.0. The van der Waals surface area contributed by atoms with E-state index < -0.39 is 11.2 Å². The largest absolute Gasteiger partial charge is 0.497 e. The van der Waals surface area contributed by atoms with E-state index in [-0.39, 0.29) is 12.1 Å². The summed E-state index contributed by atoms with van der Waals surface area (Å²) >= 11 is 0. The first kappa shape index (κ1) is 30.1. The molecule has 0 aliphatic carbocycles. The van der Waals surface area contributed by atoms with Crippen LogP contribution in [0.3, 0.4) is 0 Å². The van der Waals surface area contributed by atoms with Gasteiger partial charge in [0.25, 0.3) is 0 Å². The molecule has 45 heavy (non-hydrogen) atoms. The molecule has 0 N–H and O–H groups in total. The molecule has 0 fully saturated rings. The lowest BCUT2D eigenvalue weighted by Gasteiger charge is -2.34. The number of hydrogen-bond donors (Lipinski definition) is 0. The Hall–Kier alpha value is -4.98. The highest BCUT2D eigenvalue weighted by atomic mass is 16.5. The molecule has 0 spiro atoms. The Morgan fingerprint density at radius 2 is 0.711 bits per heavy atom. The molecule has 4 aromatic rings. The van der Waals surface area contributed by atoms with Crippen molar-refractivity contribution in [2.24, 2.45) is 9.98 Å². The van der Waals surface area contributed by atoms with E-state index in [2.05, 4.69) is 13.8 Å². The summed E-state index contributed by atoms with van der Waals surface area (Å²) in [5.74, 6) is 4.19. The van der Waals surface area contributed by atoms with E-state index in [0.29, 0.717) is 18.2 Å². The van der Waals surface area contributed by atoms with Crippen LogP contribution in [0.4, 0.5) is 0 Å². The molecule has 0 unspecified atom stereocenters. The molecule has 0 aromatic heterocycles. The summed E-state index contributed by atoms with van der Waals surface area (Å²) in [5.41, 5.74) is 2.14. The number of aliphatic imine (C=N–C) groups is 2. The summed E-state index contributed by atoms with van der Waals surface area (Å²) in [6.07, 6.45) is 0.302. The molecule has 6 rings (SSSR count). The molecule has 0 amide bonds. The summed E-state index contributed by atoms with van der Waals surface area (Å²) < 4.78 is 35.5. The van der Waals surface area contributed by atoms with Gasteiger partial charge in [-0.05, 0) is 62.4 Å². The molecule has 0 saturated carbocycles. The van der Waals surface area contributed by atoms with Crippen molar-refractivity contribution in [3.8, 4) is 23.0 Å². The third kappa shape index (κ3) is 5.24. The van der Waals surface area contributed by atoms with Gasteiger partial charge in [0.2, 0.25) is 0 Å². The van der Waals surface area contributed by atoms with Gasteiger partial charge in [-0.3, -0.25) is 0 Å². The van der Waals surface area contributed by atoms with Crippen LogP contribution in [0, 0.1) is 0 Å². The predicted octanol–water partition coefficient (Wildman–Crippen LogP) is 6.93. The minimum absolute atomic E-state index is 0.235. The van der Waals surface area contributed by atoms with Crippen molar-refractivity contribution in [1.29, 1.82) is 0 Å². The summed E-state index contributed by atoms with van der Waals surface area (Å²) in [6, 6.07) is 31.3. The van der Waals surface area contributed by atoms with Crippen molar-refractivity contribution in [1.82, 2.24) is 0 Å². The third-order valence-electron chi connectivity index (χ3n) is 8.79. The van der Waals surface area contributed by atoms with Crippen LogP contribution in [0.5, 0.6) is 23.0 Å². The predicted molar refractivity (Wildman–Crippen MR) is 174 cm³/mol. The summed E-state index contributed by atoms with van der Waals surface area (Å²) in [7, 11) is 6.63. The molecule has 8 nitrogen and oxygen atoms in total. The zero-order valence-corrected chi connectivity index (χ0v) is 26.4. The first-order chi connectivity index (χ1) is 21.9. The Morgan fingerprint density at radius 1 is 0.467 bits per heavy atom. The molecule has 4 aromatic carbocycles. The Labute approximate surface area is 264 Å². The summed E-state index contributed by atoms with van der Waals surface area (Å²) in [4.78, 5) is 10.1. The Balaban J connectivity index is 1.33. The topological polar surface area (TPSA) is 80.1 Å². The van der Waals surface area contributed by atoms with Crippen LogP contribution < -0.4 is 18.9 Å². The number of nitrogens with zero attached hydrogens (tertiary/aromatic N) is 2. The smallest absolute Gasteiger partial charge is 0.194 e. The maximum atomic E-state index is 6.89. The highest BCUT2D eigenvalue weighted by Gasteiger charge is 2.51. The van der Waals surface area contributed by atoms with E-state index in [1.807, 2.05) is 97.1 Å². The lowest BCUT2D eigenvalue weighted by Crippen LogP contribution is -2.38. The first-order valence-corrected chi connectivity index (χ1v) is 15.0. The van der Waals surface area contributed by atoms with Crippen molar-refractivity contribution in [2.45, 2.75) is 43.6 Å². The second-order valence-electron chi connectivity index (χ2n) is 11.2. The molecule has 232 valence electrons. The minimum atomic E-state index is -0.859. The van der Waals surface area contributed by atoms with Crippen LogP contribution in [0.15, 0.2) is 107 Å². The Bertz CT molecular complexity index is 1460. The van der Waals surface area contributed by atoms with E-state index in [1.165, 1.54) is 0 Å². The molecule has 2 heterocycles. The second kappa shape index (κ2) is 12.2. The van der Waals surface area contributed by atoms with Crippen LogP contribution >= 0.6 is 0 Å². The molecule has 0 radical (unpaired) electrons. The van der Waals surface area contributed by atoms with Gasteiger partial charge in [0.15, 0.2) is 23.0 Å². The van der Waals surface area contributed by atoms with Crippen molar-refractivity contribution >= 4 is 11.8 Å². The Morgan fingerprint density at radius 3 is 0.933 bits per heavy atom. The van der Waals surface area contributed by atoms with E-state index in [4.69, 9.17) is 38.4 Å². The van der Waals surface area contributed by atoms with Crippen LogP contribution in [0.2, 0.25) is 0 Å². The molecule has 0 bridgehead atoms. The molecule has 0 saturated heterocycles. The molecular weight excluding hydrogens is 568 g/mol. The maximum absolute atomic E-state index is 6.89. The van der Waals surface area contributed by atoms with Crippen LogP contribution in [0.25, 0.3) is 0 Å². The van der Waals surface area contributed by atoms with Crippen LogP contribution in [-0.4, -0.2) is 52.3 Å². The van der Waals surface area contributed by atoms with Gasteiger partial charge >= 0.3 is 0 Å². The fourth-order valence-corrected chi connectivity index (χ4v) is 6.39. The van der Waals surface area contributed by atoms with Crippen LogP contribution in [0.1, 0.15) is 42.5 Å². The SMILES string of the molecule is COc1ccc(C2(c3ccc(OC)cc3)OC(CC3=N[C@H](C)C(c4ccc(OC)cc4)(c4ccc(OC)cc4)O3)=N[C@@H]2C)cc1. The molecule has 8 heteroatoms. The number of methoxy groups -OCH3 is 4. The third-order valence-corrected chi connectivity index (χ3v) is 8.79. The summed E-state index contributed by atoms with van der Waals surface area (Å²) in [6.45, 7) is 4.14. The van der Waals surface area contributed by atoms with Gasteiger partial charge in [-0.2, -0.15) is 0 Å². The van der Waals surface area contributed by atoms with Gasteiger partial charge in [-0.15, -0.1) is 0 Å². The van der Waals surface area contributed by atoms with Crippen LogP contribution in [-0.2, 0) is 20.7 Å². The van der Waals surface area contributed by atoms with Crippen molar-refractivity contribution in [3.63, 3.8) is 0 Å². The fraction of sp³-hybridized carbons (Fsp3) is 0.297. The lowest BCUT2D eigenvalue weighted by molar-refractivity contribution is 0.0925. The van der Waals surface area contributed by atoms with Crippen molar-refractivity contribution in [3.05, 3.63) is 119 Å². The molecular formula is C37H38N2O6. The maximum Gasteiger partial charge on any atom is 0.194 e. The monoisotopic (exact) mass is 606 g/mol. The highest BCUT2D eigenvalue weighted by molar-refractivity contribution is 5.99. The number of benzene rings is 4. The van der Waals surface area contributed by atoms with Gasteiger partial charge in [-0.25, -0.2) is 9.98 Å². The number of rotatable bonds is 10. The van der Waals surface area contributed by atoms with Gasteiger partial charge in [0.1, 0.15) is 23.0 Å². The van der Waals surface area contributed by atoms with Gasteiger partial charge < -0.3 is 28.4 Å². The van der Waals surface area contributed by atoms with E-state index in [1.54, 1.807) is 28.4 Å². The average molecular weight is 607 g/mol. The van der Waals surface area contributed by atoms with Gasteiger partial charge in [0, 0.05) is 22.3 Å². The normalized spacial score (nSPS) is 19.5. The minimum Gasteiger partial charge on any atom is -0.497 e. The fourth-order valence-electron chi connectivity index (χ4n) is 6.39.